The number of hydroxylamine groups is 1. The average molecular weight is 536 g/mol. The molecule has 0 unspecified atom stereocenters. The minimum Gasteiger partial charge on any atom is -0.459 e. The summed E-state index contributed by atoms with van der Waals surface area (Å²) in [7, 11) is 2.73. The Morgan fingerprint density at radius 1 is 0.692 bits per heavy atom. The van der Waals surface area contributed by atoms with Gasteiger partial charge in [0.1, 0.15) is 18.8 Å². The van der Waals surface area contributed by atoms with Crippen LogP contribution in [-0.4, -0.2) is 69.4 Å². The second-order valence-corrected chi connectivity index (χ2v) is 8.56. The van der Waals surface area contributed by atoms with E-state index < -0.39 is 48.6 Å². The van der Waals surface area contributed by atoms with Gasteiger partial charge in [-0.2, -0.15) is 5.48 Å². The first-order chi connectivity index (χ1) is 19.0. The van der Waals surface area contributed by atoms with E-state index in [9.17, 15) is 14.4 Å². The molecule has 0 radical (unpaired) electrons. The smallest absolute Gasteiger partial charge is 0.338 e. The lowest BCUT2D eigenvalue weighted by Gasteiger charge is -2.44. The summed E-state index contributed by atoms with van der Waals surface area (Å²) in [6.45, 7) is -0.243. The third-order valence-electron chi connectivity index (χ3n) is 6.04. The SMILES string of the molecule is CON[C@@H]1[C@H](OC(=O)c2ccccc2)[C@@H](OC(=O)c2ccccc2)[C@@H](OC)O[C@@H]1COC(=O)c1ccccc1. The lowest BCUT2D eigenvalue weighted by Crippen LogP contribution is -2.66. The van der Waals surface area contributed by atoms with Crippen molar-refractivity contribution in [2.45, 2.75) is 30.6 Å². The van der Waals surface area contributed by atoms with Crippen LogP contribution >= 0.6 is 0 Å². The van der Waals surface area contributed by atoms with Crippen LogP contribution in [0.25, 0.3) is 0 Å². The number of hydrogen-bond acceptors (Lipinski definition) is 10. The first kappa shape index (κ1) is 27.9. The van der Waals surface area contributed by atoms with Gasteiger partial charge in [0.2, 0.25) is 0 Å². The molecule has 1 fully saturated rings. The van der Waals surface area contributed by atoms with Crippen LogP contribution in [-0.2, 0) is 28.5 Å². The summed E-state index contributed by atoms with van der Waals surface area (Å²) in [5.41, 5.74) is 3.68. The molecule has 1 N–H and O–H groups in total. The number of benzene rings is 3. The molecule has 1 heterocycles. The molecule has 0 aromatic heterocycles. The van der Waals surface area contributed by atoms with E-state index in [4.69, 9.17) is 28.5 Å². The Morgan fingerprint density at radius 2 is 1.15 bits per heavy atom. The molecule has 0 aliphatic carbocycles. The van der Waals surface area contributed by atoms with Gasteiger partial charge in [0.25, 0.3) is 0 Å². The molecule has 3 aromatic rings. The Labute approximate surface area is 225 Å². The highest BCUT2D eigenvalue weighted by Crippen LogP contribution is 2.29. The molecule has 204 valence electrons. The summed E-state index contributed by atoms with van der Waals surface area (Å²) in [4.78, 5) is 43.9. The molecule has 0 saturated carbocycles. The standard InChI is InChI=1S/C29H29NO9/c1-34-29-25(39-28(33)21-16-10-5-11-17-21)24(38-27(32)20-14-8-4-9-15-20)23(30-35-2)22(37-29)18-36-26(31)19-12-6-3-7-13-19/h3-17,22-25,29-30H,18H2,1-2H3/t22-,23+,24+,25-,29+/m1/s1. The molecule has 0 amide bonds. The normalized spacial score (nSPS) is 22.5. The van der Waals surface area contributed by atoms with E-state index in [1.54, 1.807) is 91.0 Å². The molecule has 39 heavy (non-hydrogen) atoms. The predicted octanol–water partition coefficient (Wildman–Crippen LogP) is 3.19. The van der Waals surface area contributed by atoms with E-state index in [0.29, 0.717) is 5.56 Å². The number of rotatable bonds is 10. The van der Waals surface area contributed by atoms with E-state index in [-0.39, 0.29) is 17.7 Å². The molecule has 4 rings (SSSR count). The first-order valence-electron chi connectivity index (χ1n) is 12.2. The van der Waals surface area contributed by atoms with Crippen molar-refractivity contribution in [1.82, 2.24) is 5.48 Å². The van der Waals surface area contributed by atoms with Crippen molar-refractivity contribution < 1.29 is 42.9 Å². The van der Waals surface area contributed by atoms with Crippen LogP contribution in [0.5, 0.6) is 0 Å². The van der Waals surface area contributed by atoms with Gasteiger partial charge in [-0.25, -0.2) is 14.4 Å². The summed E-state index contributed by atoms with van der Waals surface area (Å²) < 4.78 is 28.7. The molecular weight excluding hydrogens is 506 g/mol. The molecule has 3 aromatic carbocycles. The summed E-state index contributed by atoms with van der Waals surface area (Å²) in [5, 5.41) is 0. The van der Waals surface area contributed by atoms with Crippen molar-refractivity contribution in [3.05, 3.63) is 108 Å². The maximum absolute atomic E-state index is 13.1. The maximum Gasteiger partial charge on any atom is 0.338 e. The van der Waals surface area contributed by atoms with Crippen molar-refractivity contribution in [1.29, 1.82) is 0 Å². The molecule has 1 aliphatic heterocycles. The van der Waals surface area contributed by atoms with Crippen LogP contribution in [0.15, 0.2) is 91.0 Å². The lowest BCUT2D eigenvalue weighted by molar-refractivity contribution is -0.279. The van der Waals surface area contributed by atoms with E-state index in [0.717, 1.165) is 0 Å². The summed E-state index contributed by atoms with van der Waals surface area (Å²) in [5.74, 6) is -1.90. The zero-order valence-corrected chi connectivity index (χ0v) is 21.4. The van der Waals surface area contributed by atoms with Crippen molar-refractivity contribution >= 4 is 17.9 Å². The quantitative estimate of drug-likeness (QED) is 0.236. The highest BCUT2D eigenvalue weighted by molar-refractivity contribution is 5.90. The molecule has 5 atom stereocenters. The molecule has 0 bridgehead atoms. The maximum atomic E-state index is 13.1. The van der Waals surface area contributed by atoms with Crippen LogP contribution < -0.4 is 5.48 Å². The van der Waals surface area contributed by atoms with Crippen molar-refractivity contribution in [2.75, 3.05) is 20.8 Å². The van der Waals surface area contributed by atoms with Crippen molar-refractivity contribution in [3.63, 3.8) is 0 Å². The van der Waals surface area contributed by atoms with E-state index in [1.807, 2.05) is 0 Å². The number of ether oxygens (including phenoxy) is 5. The van der Waals surface area contributed by atoms with Crippen LogP contribution in [0.2, 0.25) is 0 Å². The van der Waals surface area contributed by atoms with Crippen LogP contribution in [0.1, 0.15) is 31.1 Å². The van der Waals surface area contributed by atoms with Crippen LogP contribution in [0, 0.1) is 0 Å². The van der Waals surface area contributed by atoms with E-state index in [2.05, 4.69) is 5.48 Å². The summed E-state index contributed by atoms with van der Waals surface area (Å²) >= 11 is 0. The first-order valence-corrected chi connectivity index (χ1v) is 12.2. The lowest BCUT2D eigenvalue weighted by atomic mass is 9.96. The zero-order chi connectivity index (χ0) is 27.6. The minimum atomic E-state index is -1.20. The number of carbonyl (C=O) groups is 3. The Kier molecular flexibility index (Phi) is 9.76. The molecular formula is C29H29NO9. The number of methoxy groups -OCH3 is 1. The highest BCUT2D eigenvalue weighted by Gasteiger charge is 2.51. The molecule has 1 saturated heterocycles. The third kappa shape index (κ3) is 7.06. The summed E-state index contributed by atoms with van der Waals surface area (Å²) in [6.07, 6.45) is -4.45. The average Bonchev–Trinajstić information content (AvgIpc) is 2.99. The van der Waals surface area contributed by atoms with Gasteiger partial charge in [-0.15, -0.1) is 0 Å². The van der Waals surface area contributed by atoms with Crippen molar-refractivity contribution in [2.24, 2.45) is 0 Å². The fourth-order valence-electron chi connectivity index (χ4n) is 4.13. The van der Waals surface area contributed by atoms with Gasteiger partial charge in [0.15, 0.2) is 18.5 Å². The van der Waals surface area contributed by atoms with Crippen molar-refractivity contribution in [3.8, 4) is 0 Å². The molecule has 1 aliphatic rings. The Bertz CT molecular complexity index is 1220. The largest absolute Gasteiger partial charge is 0.459 e. The summed E-state index contributed by atoms with van der Waals surface area (Å²) in [6, 6.07) is 24.2. The monoisotopic (exact) mass is 535 g/mol. The Morgan fingerprint density at radius 3 is 1.62 bits per heavy atom. The van der Waals surface area contributed by atoms with Crippen LogP contribution in [0.4, 0.5) is 0 Å². The molecule has 0 spiro atoms. The molecule has 10 nitrogen and oxygen atoms in total. The van der Waals surface area contributed by atoms with Gasteiger partial charge in [-0.3, -0.25) is 0 Å². The van der Waals surface area contributed by atoms with Gasteiger partial charge < -0.3 is 28.5 Å². The second-order valence-electron chi connectivity index (χ2n) is 8.56. The number of hydrogen-bond donors (Lipinski definition) is 1. The minimum absolute atomic E-state index is 0.243. The fourth-order valence-corrected chi connectivity index (χ4v) is 4.13. The zero-order valence-electron chi connectivity index (χ0n) is 21.4. The Hall–Kier alpha value is -4.09. The van der Waals surface area contributed by atoms with Gasteiger partial charge in [0, 0.05) is 7.11 Å². The number of carbonyl (C=O) groups excluding carboxylic acids is 3. The topological polar surface area (TPSA) is 119 Å². The number of nitrogens with one attached hydrogen (secondary N) is 1. The van der Waals surface area contributed by atoms with Gasteiger partial charge in [-0.05, 0) is 36.4 Å². The van der Waals surface area contributed by atoms with Gasteiger partial charge >= 0.3 is 17.9 Å². The van der Waals surface area contributed by atoms with E-state index >= 15 is 0 Å². The molecule has 10 heteroatoms. The number of esters is 3. The van der Waals surface area contributed by atoms with Gasteiger partial charge in [-0.1, -0.05) is 54.6 Å². The third-order valence-corrected chi connectivity index (χ3v) is 6.04. The van der Waals surface area contributed by atoms with Crippen LogP contribution in [0.3, 0.4) is 0 Å². The Balaban J connectivity index is 1.61. The predicted molar refractivity (Wildman–Crippen MR) is 138 cm³/mol. The van der Waals surface area contributed by atoms with E-state index in [1.165, 1.54) is 14.2 Å². The fraction of sp³-hybridized carbons (Fsp3) is 0.276. The van der Waals surface area contributed by atoms with Gasteiger partial charge in [0.05, 0.1) is 23.8 Å². The highest BCUT2D eigenvalue weighted by atomic mass is 16.7. The second kappa shape index (κ2) is 13.6.